The van der Waals surface area contributed by atoms with Crippen LogP contribution in [-0.4, -0.2) is 32.5 Å². The molecule has 1 aromatic rings. The molecular formula is C16H25NO4. The molecule has 5 nitrogen and oxygen atoms in total. The lowest BCUT2D eigenvalue weighted by molar-refractivity contribution is -0.0331. The van der Waals surface area contributed by atoms with Crippen molar-refractivity contribution in [3.05, 3.63) is 17.7 Å². The maximum Gasteiger partial charge on any atom is 0.203 e. The van der Waals surface area contributed by atoms with E-state index in [1.165, 1.54) is 0 Å². The van der Waals surface area contributed by atoms with E-state index < -0.39 is 0 Å². The number of nitrogens with two attached hydrogens (primary N) is 1. The summed E-state index contributed by atoms with van der Waals surface area (Å²) in [5, 5.41) is 0. The average molecular weight is 295 g/mol. The molecule has 2 rings (SSSR count). The minimum absolute atomic E-state index is 0.0639. The lowest BCUT2D eigenvalue weighted by Crippen LogP contribution is -2.24. The van der Waals surface area contributed by atoms with Crippen LogP contribution in [0, 0.1) is 0 Å². The first-order valence-electron chi connectivity index (χ1n) is 7.24. The summed E-state index contributed by atoms with van der Waals surface area (Å²) in [6.45, 7) is 5.11. The first-order valence-corrected chi connectivity index (χ1v) is 7.24. The van der Waals surface area contributed by atoms with Gasteiger partial charge in [-0.05, 0) is 44.4 Å². The van der Waals surface area contributed by atoms with Gasteiger partial charge in [0.15, 0.2) is 11.5 Å². The first-order chi connectivity index (χ1) is 9.99. The second kappa shape index (κ2) is 6.54. The maximum absolute atomic E-state index is 5.94. The largest absolute Gasteiger partial charge is 0.493 e. The molecule has 1 aromatic carbocycles. The smallest absolute Gasteiger partial charge is 0.203 e. The van der Waals surface area contributed by atoms with Crippen LogP contribution in [0.1, 0.15) is 32.3 Å². The van der Waals surface area contributed by atoms with Crippen molar-refractivity contribution < 1.29 is 18.9 Å². The molecule has 21 heavy (non-hydrogen) atoms. The zero-order valence-corrected chi connectivity index (χ0v) is 13.3. The van der Waals surface area contributed by atoms with Gasteiger partial charge in [0.25, 0.3) is 0 Å². The van der Waals surface area contributed by atoms with Gasteiger partial charge in [0.05, 0.1) is 25.9 Å². The zero-order valence-electron chi connectivity index (χ0n) is 13.3. The van der Waals surface area contributed by atoms with Crippen molar-refractivity contribution >= 4 is 0 Å². The quantitative estimate of drug-likeness (QED) is 0.873. The lowest BCUT2D eigenvalue weighted by Gasteiger charge is -2.21. The van der Waals surface area contributed by atoms with Gasteiger partial charge >= 0.3 is 0 Å². The predicted molar refractivity (Wildman–Crippen MR) is 81.1 cm³/mol. The van der Waals surface area contributed by atoms with E-state index in [0.717, 1.165) is 18.4 Å². The Labute approximate surface area is 126 Å². The third kappa shape index (κ3) is 3.80. The number of hydrogen-bond donors (Lipinski definition) is 1. The summed E-state index contributed by atoms with van der Waals surface area (Å²) < 4.78 is 22.6. The summed E-state index contributed by atoms with van der Waals surface area (Å²) in [4.78, 5) is 0. The standard InChI is InChI=1S/C16H25NO4/c1-16(2)6-5-12(21-16)10-20-15-13(18-3)7-11(9-17)8-14(15)19-4/h7-8,12H,5-6,9-10,17H2,1-4H3. The topological polar surface area (TPSA) is 62.9 Å². The van der Waals surface area contributed by atoms with Gasteiger partial charge in [0.1, 0.15) is 6.61 Å². The highest BCUT2D eigenvalue weighted by atomic mass is 16.6. The van der Waals surface area contributed by atoms with Gasteiger partial charge in [-0.1, -0.05) is 0 Å². The van der Waals surface area contributed by atoms with E-state index in [-0.39, 0.29) is 11.7 Å². The Kier molecular flexibility index (Phi) is 4.96. The van der Waals surface area contributed by atoms with E-state index in [0.29, 0.717) is 30.4 Å². The fraction of sp³-hybridized carbons (Fsp3) is 0.625. The number of hydrogen-bond acceptors (Lipinski definition) is 5. The average Bonchev–Trinajstić information content (AvgIpc) is 2.83. The summed E-state index contributed by atoms with van der Waals surface area (Å²) in [6, 6.07) is 3.74. The Morgan fingerprint density at radius 3 is 2.29 bits per heavy atom. The highest BCUT2D eigenvalue weighted by Gasteiger charge is 2.32. The minimum atomic E-state index is -0.0639. The molecule has 1 aliphatic heterocycles. The van der Waals surface area contributed by atoms with Crippen molar-refractivity contribution in [1.29, 1.82) is 0 Å². The third-order valence-corrected chi connectivity index (χ3v) is 3.72. The highest BCUT2D eigenvalue weighted by Crippen LogP contribution is 2.39. The number of rotatable bonds is 6. The van der Waals surface area contributed by atoms with Gasteiger partial charge in [0, 0.05) is 6.54 Å². The van der Waals surface area contributed by atoms with Gasteiger partial charge in [-0.3, -0.25) is 0 Å². The zero-order chi connectivity index (χ0) is 15.5. The van der Waals surface area contributed by atoms with Crippen molar-refractivity contribution in [3.63, 3.8) is 0 Å². The third-order valence-electron chi connectivity index (χ3n) is 3.72. The van der Waals surface area contributed by atoms with Crippen LogP contribution in [0.3, 0.4) is 0 Å². The van der Waals surface area contributed by atoms with E-state index in [9.17, 15) is 0 Å². The summed E-state index contributed by atoms with van der Waals surface area (Å²) in [7, 11) is 3.22. The minimum Gasteiger partial charge on any atom is -0.493 e. The van der Waals surface area contributed by atoms with Crippen LogP contribution in [-0.2, 0) is 11.3 Å². The SMILES string of the molecule is COc1cc(CN)cc(OC)c1OCC1CCC(C)(C)O1. The molecule has 0 aromatic heterocycles. The Hall–Kier alpha value is -1.46. The Morgan fingerprint density at radius 2 is 1.86 bits per heavy atom. The molecular weight excluding hydrogens is 270 g/mol. The van der Waals surface area contributed by atoms with Gasteiger partial charge in [-0.2, -0.15) is 0 Å². The molecule has 0 bridgehead atoms. The molecule has 5 heteroatoms. The molecule has 1 saturated heterocycles. The Morgan fingerprint density at radius 1 is 1.24 bits per heavy atom. The molecule has 0 aliphatic carbocycles. The van der Waals surface area contributed by atoms with Gasteiger partial charge in [-0.25, -0.2) is 0 Å². The molecule has 0 saturated carbocycles. The molecule has 0 spiro atoms. The van der Waals surface area contributed by atoms with Gasteiger partial charge < -0.3 is 24.7 Å². The van der Waals surface area contributed by atoms with Crippen molar-refractivity contribution in [2.45, 2.75) is 44.9 Å². The van der Waals surface area contributed by atoms with Crippen LogP contribution in [0.25, 0.3) is 0 Å². The number of benzene rings is 1. The van der Waals surface area contributed by atoms with E-state index in [2.05, 4.69) is 13.8 Å². The molecule has 118 valence electrons. The molecule has 1 aliphatic rings. The molecule has 2 N–H and O–H groups in total. The van der Waals surface area contributed by atoms with E-state index in [1.54, 1.807) is 14.2 Å². The summed E-state index contributed by atoms with van der Waals surface area (Å²) >= 11 is 0. The van der Waals surface area contributed by atoms with E-state index >= 15 is 0 Å². The Balaban J connectivity index is 2.11. The summed E-state index contributed by atoms with van der Waals surface area (Å²) in [6.07, 6.45) is 2.14. The maximum atomic E-state index is 5.94. The molecule has 0 amide bonds. The van der Waals surface area contributed by atoms with Crippen LogP contribution < -0.4 is 19.9 Å². The normalized spacial score (nSPS) is 20.3. The van der Waals surface area contributed by atoms with E-state index in [1.807, 2.05) is 12.1 Å². The van der Waals surface area contributed by atoms with Crippen molar-refractivity contribution in [3.8, 4) is 17.2 Å². The summed E-state index contributed by atoms with van der Waals surface area (Å²) in [5.41, 5.74) is 6.55. The highest BCUT2D eigenvalue weighted by molar-refractivity contribution is 5.53. The molecule has 1 atom stereocenters. The summed E-state index contributed by atoms with van der Waals surface area (Å²) in [5.74, 6) is 1.87. The van der Waals surface area contributed by atoms with Crippen molar-refractivity contribution in [1.82, 2.24) is 0 Å². The van der Waals surface area contributed by atoms with Crippen LogP contribution in [0.2, 0.25) is 0 Å². The monoisotopic (exact) mass is 295 g/mol. The predicted octanol–water partition coefficient (Wildman–Crippen LogP) is 2.50. The van der Waals surface area contributed by atoms with Crippen LogP contribution in [0.15, 0.2) is 12.1 Å². The number of methoxy groups -OCH3 is 2. The van der Waals surface area contributed by atoms with Crippen LogP contribution >= 0.6 is 0 Å². The number of ether oxygens (including phenoxy) is 4. The van der Waals surface area contributed by atoms with Gasteiger partial charge in [0.2, 0.25) is 5.75 Å². The Bertz CT molecular complexity index is 462. The van der Waals surface area contributed by atoms with Crippen molar-refractivity contribution in [2.75, 3.05) is 20.8 Å². The lowest BCUT2D eigenvalue weighted by atomic mass is 10.1. The second-order valence-corrected chi connectivity index (χ2v) is 5.88. The molecule has 1 fully saturated rings. The molecule has 1 unspecified atom stereocenters. The van der Waals surface area contributed by atoms with Gasteiger partial charge in [-0.15, -0.1) is 0 Å². The fourth-order valence-corrected chi connectivity index (χ4v) is 2.57. The van der Waals surface area contributed by atoms with E-state index in [4.69, 9.17) is 24.7 Å². The van der Waals surface area contributed by atoms with Crippen LogP contribution in [0.5, 0.6) is 17.2 Å². The second-order valence-electron chi connectivity index (χ2n) is 5.88. The van der Waals surface area contributed by atoms with Crippen LogP contribution in [0.4, 0.5) is 0 Å². The fourth-order valence-electron chi connectivity index (χ4n) is 2.57. The van der Waals surface area contributed by atoms with Crippen molar-refractivity contribution in [2.24, 2.45) is 5.73 Å². The molecule has 1 heterocycles. The first kappa shape index (κ1) is 15.9. The molecule has 0 radical (unpaired) electrons.